The molecule has 0 aliphatic heterocycles. The van der Waals surface area contributed by atoms with E-state index in [4.69, 9.17) is 23.2 Å². The summed E-state index contributed by atoms with van der Waals surface area (Å²) < 4.78 is 0. The fourth-order valence-corrected chi connectivity index (χ4v) is 3.01. The van der Waals surface area contributed by atoms with Crippen LogP contribution in [0.15, 0.2) is 71.8 Å². The number of nitrogens with zero attached hydrogens (tertiary/aromatic N) is 2. The monoisotopic (exact) mass is 429 g/mol. The Balaban J connectivity index is 2.17. The molecule has 3 aromatic rings. The van der Waals surface area contributed by atoms with Crippen molar-refractivity contribution in [1.82, 2.24) is 0 Å². The number of carboxylic acids is 1. The molecule has 0 spiro atoms. The Morgan fingerprint density at radius 2 is 1.72 bits per heavy atom. The van der Waals surface area contributed by atoms with Gasteiger partial charge in [0.2, 0.25) is 0 Å². The summed E-state index contributed by atoms with van der Waals surface area (Å²) in [7, 11) is 0. The predicted octanol–water partition coefficient (Wildman–Crippen LogP) is 5.46. The molecule has 3 aromatic carbocycles. The summed E-state index contributed by atoms with van der Waals surface area (Å²) in [6.07, 6.45) is 0. The second-order valence-corrected chi connectivity index (χ2v) is 6.70. The smallest absolute Gasteiger partial charge is 0.336 e. The first-order valence-electron chi connectivity index (χ1n) is 8.23. The molecular weight excluding hydrogens is 417 g/mol. The first-order chi connectivity index (χ1) is 13.9. The molecule has 0 radical (unpaired) electrons. The van der Waals surface area contributed by atoms with Crippen LogP contribution in [0, 0.1) is 10.1 Å². The van der Waals surface area contributed by atoms with Crippen LogP contribution in [-0.4, -0.2) is 21.7 Å². The predicted molar refractivity (Wildman–Crippen MR) is 112 cm³/mol. The molecule has 0 aromatic heterocycles. The van der Waals surface area contributed by atoms with Gasteiger partial charge in [0.25, 0.3) is 5.69 Å². The van der Waals surface area contributed by atoms with Crippen molar-refractivity contribution in [3.05, 3.63) is 104 Å². The van der Waals surface area contributed by atoms with E-state index in [-0.39, 0.29) is 27.5 Å². The quantitative estimate of drug-likeness (QED) is 0.307. The maximum absolute atomic E-state index is 11.7. The minimum absolute atomic E-state index is 0.00301. The zero-order valence-corrected chi connectivity index (χ0v) is 16.2. The lowest BCUT2D eigenvalue weighted by Crippen LogP contribution is -2.13. The van der Waals surface area contributed by atoms with Gasteiger partial charge in [0, 0.05) is 22.2 Å². The van der Waals surface area contributed by atoms with E-state index in [1.54, 1.807) is 42.5 Å². The van der Waals surface area contributed by atoms with E-state index in [9.17, 15) is 20.0 Å². The normalized spacial score (nSPS) is 11.2. The molecule has 3 rings (SSSR count). The largest absolute Gasteiger partial charge is 0.478 e. The van der Waals surface area contributed by atoms with Crippen molar-refractivity contribution in [1.29, 1.82) is 0 Å². The van der Waals surface area contributed by atoms with Crippen molar-refractivity contribution in [2.45, 2.75) is 0 Å². The van der Waals surface area contributed by atoms with Crippen LogP contribution in [0.3, 0.4) is 0 Å². The van der Waals surface area contributed by atoms with Crippen LogP contribution in [0.25, 0.3) is 0 Å². The molecule has 2 N–H and O–H groups in total. The van der Waals surface area contributed by atoms with Crippen LogP contribution in [-0.2, 0) is 0 Å². The lowest BCUT2D eigenvalue weighted by Gasteiger charge is -2.11. The molecule has 0 unspecified atom stereocenters. The van der Waals surface area contributed by atoms with Gasteiger partial charge in [-0.3, -0.25) is 15.5 Å². The minimum Gasteiger partial charge on any atom is -0.478 e. The lowest BCUT2D eigenvalue weighted by molar-refractivity contribution is -0.384. The fraction of sp³-hybridized carbons (Fsp3) is 0. The summed E-state index contributed by atoms with van der Waals surface area (Å²) in [6, 6.07) is 17.2. The molecule has 29 heavy (non-hydrogen) atoms. The van der Waals surface area contributed by atoms with Crippen LogP contribution in [0.4, 0.5) is 11.4 Å². The van der Waals surface area contributed by atoms with E-state index in [2.05, 4.69) is 10.5 Å². The molecule has 0 bridgehead atoms. The number of hydrogen-bond acceptors (Lipinski definition) is 5. The van der Waals surface area contributed by atoms with Crippen LogP contribution in [0.2, 0.25) is 10.0 Å². The van der Waals surface area contributed by atoms with Gasteiger partial charge in [-0.2, -0.15) is 5.10 Å². The van der Waals surface area contributed by atoms with Crippen molar-refractivity contribution in [3.63, 3.8) is 0 Å². The number of benzene rings is 3. The third-order valence-electron chi connectivity index (χ3n) is 3.95. The number of carbonyl (C=O) groups is 1. The van der Waals surface area contributed by atoms with E-state index in [0.717, 1.165) is 0 Å². The second kappa shape index (κ2) is 8.72. The standard InChI is InChI=1S/C20H13Cl2N3O4/c21-13-4-3-5-14(11-13)23-24-19(15-6-1-2-7-16(15)20(26)27)12-8-9-17(22)18(10-12)25(28)29/h1-11,23H,(H,26,27)/b24-19+. The zero-order valence-electron chi connectivity index (χ0n) is 14.7. The Morgan fingerprint density at radius 1 is 1.00 bits per heavy atom. The minimum atomic E-state index is -1.15. The van der Waals surface area contributed by atoms with Crippen molar-refractivity contribution in [2.75, 3.05) is 5.43 Å². The third-order valence-corrected chi connectivity index (χ3v) is 4.50. The highest BCUT2D eigenvalue weighted by molar-refractivity contribution is 6.33. The number of halogens is 2. The van der Waals surface area contributed by atoms with Gasteiger partial charge in [0.05, 0.1) is 21.9 Å². The maximum Gasteiger partial charge on any atom is 0.336 e. The number of hydrogen-bond donors (Lipinski definition) is 2. The van der Waals surface area contributed by atoms with Gasteiger partial charge >= 0.3 is 5.97 Å². The molecule has 0 saturated carbocycles. The summed E-state index contributed by atoms with van der Waals surface area (Å²) in [5.74, 6) is -1.15. The van der Waals surface area contributed by atoms with Gasteiger partial charge in [0.15, 0.2) is 0 Å². The van der Waals surface area contributed by atoms with Gasteiger partial charge in [-0.25, -0.2) is 4.79 Å². The van der Waals surface area contributed by atoms with E-state index in [1.807, 2.05) is 0 Å². The molecule has 0 atom stereocenters. The fourth-order valence-electron chi connectivity index (χ4n) is 2.63. The molecule has 146 valence electrons. The number of aromatic carboxylic acids is 1. The van der Waals surface area contributed by atoms with Crippen LogP contribution < -0.4 is 5.43 Å². The summed E-state index contributed by atoms with van der Waals surface area (Å²) in [6.45, 7) is 0. The van der Waals surface area contributed by atoms with Crippen LogP contribution in [0.1, 0.15) is 21.5 Å². The molecular formula is C20H13Cl2N3O4. The highest BCUT2D eigenvalue weighted by atomic mass is 35.5. The number of nitro groups is 1. The molecule has 0 heterocycles. The average molecular weight is 430 g/mol. The summed E-state index contributed by atoms with van der Waals surface area (Å²) in [5.41, 5.74) is 3.87. The van der Waals surface area contributed by atoms with Gasteiger partial charge in [-0.1, -0.05) is 53.5 Å². The van der Waals surface area contributed by atoms with E-state index in [1.165, 1.54) is 24.3 Å². The maximum atomic E-state index is 11.7. The van der Waals surface area contributed by atoms with Gasteiger partial charge in [-0.05, 0) is 30.3 Å². The van der Waals surface area contributed by atoms with Crippen molar-refractivity contribution < 1.29 is 14.8 Å². The molecule has 0 aliphatic rings. The van der Waals surface area contributed by atoms with Gasteiger partial charge < -0.3 is 5.11 Å². The third kappa shape index (κ3) is 4.71. The van der Waals surface area contributed by atoms with E-state index in [0.29, 0.717) is 16.3 Å². The van der Waals surface area contributed by atoms with Crippen LogP contribution in [0.5, 0.6) is 0 Å². The first kappa shape index (κ1) is 20.3. The Bertz CT molecular complexity index is 1130. The zero-order chi connectivity index (χ0) is 21.0. The Labute approximate surface area is 175 Å². The SMILES string of the molecule is O=C(O)c1ccccc1/C(=N/Nc1cccc(Cl)c1)c1ccc(Cl)c([N+](=O)[O-])c1. The Kier molecular flexibility index (Phi) is 6.11. The van der Waals surface area contributed by atoms with E-state index >= 15 is 0 Å². The lowest BCUT2D eigenvalue weighted by atomic mass is 9.97. The van der Waals surface area contributed by atoms with Gasteiger partial charge in [0.1, 0.15) is 5.02 Å². The number of carboxylic acid groups (broad SMARTS) is 1. The highest BCUT2D eigenvalue weighted by Gasteiger charge is 2.20. The van der Waals surface area contributed by atoms with E-state index < -0.39 is 10.9 Å². The number of hydrazone groups is 1. The topological polar surface area (TPSA) is 105 Å². The second-order valence-electron chi connectivity index (χ2n) is 5.86. The Hall–Kier alpha value is -3.42. The highest BCUT2D eigenvalue weighted by Crippen LogP contribution is 2.27. The van der Waals surface area contributed by atoms with Crippen molar-refractivity contribution in [3.8, 4) is 0 Å². The summed E-state index contributed by atoms with van der Waals surface area (Å²) >= 11 is 11.9. The summed E-state index contributed by atoms with van der Waals surface area (Å²) in [4.78, 5) is 22.4. The number of anilines is 1. The molecule has 9 heteroatoms. The number of nitrogens with one attached hydrogen (secondary N) is 1. The molecule has 0 aliphatic carbocycles. The van der Waals surface area contributed by atoms with Gasteiger partial charge in [-0.15, -0.1) is 0 Å². The molecule has 7 nitrogen and oxygen atoms in total. The van der Waals surface area contributed by atoms with Crippen molar-refractivity contribution in [2.24, 2.45) is 5.10 Å². The molecule has 0 amide bonds. The number of nitro benzene ring substituents is 1. The first-order valence-corrected chi connectivity index (χ1v) is 8.98. The molecule has 0 fully saturated rings. The average Bonchev–Trinajstić information content (AvgIpc) is 2.69. The molecule has 0 saturated heterocycles. The Morgan fingerprint density at radius 3 is 2.38 bits per heavy atom. The number of rotatable bonds is 6. The van der Waals surface area contributed by atoms with Crippen molar-refractivity contribution >= 4 is 46.3 Å². The summed E-state index contributed by atoms with van der Waals surface area (Å²) in [5, 5.41) is 25.6. The van der Waals surface area contributed by atoms with Crippen LogP contribution >= 0.6 is 23.2 Å².